The minimum Gasteiger partial charge on any atom is -0.457 e. The molecular formula is C8H14N2O3. The molecule has 0 aliphatic rings. The van der Waals surface area contributed by atoms with Crippen LogP contribution in [0.5, 0.6) is 5.88 Å². The number of aryl methyl sites for hydroxylation is 1. The van der Waals surface area contributed by atoms with Gasteiger partial charge in [-0.2, -0.15) is 0 Å². The molecule has 0 atom stereocenters. The van der Waals surface area contributed by atoms with Crippen molar-refractivity contribution < 1.29 is 14.3 Å². The summed E-state index contributed by atoms with van der Waals surface area (Å²) in [5.41, 5.74) is 0.492. The monoisotopic (exact) mass is 186 g/mol. The molecule has 74 valence electrons. The number of aromatic nitrogens is 2. The predicted molar refractivity (Wildman–Crippen MR) is 45.2 cm³/mol. The van der Waals surface area contributed by atoms with Gasteiger partial charge in [0.15, 0.2) is 0 Å². The van der Waals surface area contributed by atoms with Crippen LogP contribution >= 0.6 is 0 Å². The molecule has 5 nitrogen and oxygen atoms in total. The quantitative estimate of drug-likeness (QED) is 0.511. The minimum atomic E-state index is 0.177. The fourth-order valence-corrected chi connectivity index (χ4v) is 0.985. The molecule has 1 aromatic rings. The van der Waals surface area contributed by atoms with E-state index >= 15 is 0 Å². The molecule has 0 radical (unpaired) electrons. The predicted octanol–water partition coefficient (Wildman–Crippen LogP) is 1.19. The lowest BCUT2D eigenvalue weighted by molar-refractivity contribution is -0.805. The number of ether oxygens (including phenoxy) is 1. The Hall–Kier alpha value is -1.26. The van der Waals surface area contributed by atoms with E-state index in [0.29, 0.717) is 17.2 Å². The van der Waals surface area contributed by atoms with E-state index in [1.807, 2.05) is 0 Å². The molecule has 5 heteroatoms. The highest BCUT2D eigenvalue weighted by molar-refractivity contribution is 5.06. The summed E-state index contributed by atoms with van der Waals surface area (Å²) < 4.78 is 9.54. The minimum absolute atomic E-state index is 0.177. The summed E-state index contributed by atoms with van der Waals surface area (Å²) in [6, 6.07) is 0. The van der Waals surface area contributed by atoms with Crippen LogP contribution in [0.3, 0.4) is 0 Å². The lowest BCUT2D eigenvalue weighted by Crippen LogP contribution is -2.25. The second-order valence-electron chi connectivity index (χ2n) is 2.88. The van der Waals surface area contributed by atoms with Gasteiger partial charge >= 0.3 is 5.88 Å². The standard InChI is InChI=1S/C8H14N2O3/c1-3-4-5-6-12-8-7(2)9-13-10(8)11/h3-6H2,1-2H3. The second kappa shape index (κ2) is 4.69. The number of hydrogen-bond donors (Lipinski definition) is 0. The maximum absolute atomic E-state index is 10.9. The van der Waals surface area contributed by atoms with Gasteiger partial charge in [0.05, 0.1) is 6.61 Å². The molecule has 13 heavy (non-hydrogen) atoms. The average molecular weight is 186 g/mol. The van der Waals surface area contributed by atoms with Crippen molar-refractivity contribution in [3.8, 4) is 5.88 Å². The van der Waals surface area contributed by atoms with Crippen LogP contribution in [0.4, 0.5) is 0 Å². The van der Waals surface area contributed by atoms with Crippen LogP contribution in [-0.4, -0.2) is 11.8 Å². The number of nitrogens with zero attached hydrogens (tertiary/aromatic N) is 2. The Morgan fingerprint density at radius 3 is 2.85 bits per heavy atom. The van der Waals surface area contributed by atoms with Gasteiger partial charge in [-0.25, -0.2) is 0 Å². The first-order valence-electron chi connectivity index (χ1n) is 4.44. The van der Waals surface area contributed by atoms with Gasteiger partial charge < -0.3 is 9.94 Å². The fraction of sp³-hybridized carbons (Fsp3) is 0.750. The molecule has 1 aromatic heterocycles. The highest BCUT2D eigenvalue weighted by Gasteiger charge is 2.15. The maximum atomic E-state index is 10.9. The largest absolute Gasteiger partial charge is 0.457 e. The van der Waals surface area contributed by atoms with Gasteiger partial charge in [-0.1, -0.05) is 19.8 Å². The maximum Gasteiger partial charge on any atom is 0.375 e. The third-order valence-electron chi connectivity index (χ3n) is 1.71. The van der Waals surface area contributed by atoms with E-state index in [0.717, 1.165) is 19.3 Å². The van der Waals surface area contributed by atoms with Crippen LogP contribution in [0.1, 0.15) is 31.9 Å². The average Bonchev–Trinajstić information content (AvgIpc) is 2.42. The van der Waals surface area contributed by atoms with Crippen molar-refractivity contribution >= 4 is 0 Å². The van der Waals surface area contributed by atoms with Crippen molar-refractivity contribution in [3.05, 3.63) is 10.9 Å². The van der Waals surface area contributed by atoms with Crippen molar-refractivity contribution in [2.75, 3.05) is 6.61 Å². The second-order valence-corrected chi connectivity index (χ2v) is 2.88. The molecule has 0 fully saturated rings. The van der Waals surface area contributed by atoms with Crippen LogP contribution in [0, 0.1) is 12.1 Å². The Kier molecular flexibility index (Phi) is 3.54. The molecule has 0 aliphatic heterocycles. The van der Waals surface area contributed by atoms with E-state index in [2.05, 4.69) is 16.7 Å². The summed E-state index contributed by atoms with van der Waals surface area (Å²) in [7, 11) is 0. The van der Waals surface area contributed by atoms with Crippen LogP contribution < -0.4 is 9.64 Å². The first kappa shape index (κ1) is 9.83. The van der Waals surface area contributed by atoms with Gasteiger partial charge in [0.1, 0.15) is 0 Å². The van der Waals surface area contributed by atoms with Crippen molar-refractivity contribution in [1.29, 1.82) is 0 Å². The van der Waals surface area contributed by atoms with Gasteiger partial charge in [0.2, 0.25) is 0 Å². The van der Waals surface area contributed by atoms with Crippen LogP contribution in [0.2, 0.25) is 0 Å². The van der Waals surface area contributed by atoms with Gasteiger partial charge in [-0.15, -0.1) is 0 Å². The molecule has 0 aromatic carbocycles. The van der Waals surface area contributed by atoms with Crippen molar-refractivity contribution in [3.63, 3.8) is 0 Å². The zero-order valence-electron chi connectivity index (χ0n) is 7.95. The molecular weight excluding hydrogens is 172 g/mol. The van der Waals surface area contributed by atoms with Gasteiger partial charge in [-0.3, -0.25) is 4.63 Å². The van der Waals surface area contributed by atoms with Gasteiger partial charge in [0.25, 0.3) is 5.69 Å². The SMILES string of the molecule is CCCCCOc1c(C)no[n+]1[O-]. The summed E-state index contributed by atoms with van der Waals surface area (Å²) in [5.74, 6) is 0.177. The van der Waals surface area contributed by atoms with E-state index < -0.39 is 0 Å². The third kappa shape index (κ3) is 2.61. The smallest absolute Gasteiger partial charge is 0.375 e. The number of rotatable bonds is 5. The topological polar surface area (TPSA) is 62.2 Å². The van der Waals surface area contributed by atoms with E-state index in [1.165, 1.54) is 0 Å². The number of hydrogen-bond acceptors (Lipinski definition) is 4. The van der Waals surface area contributed by atoms with Gasteiger partial charge in [-0.05, 0) is 11.3 Å². The lowest BCUT2D eigenvalue weighted by Gasteiger charge is -2.00. The van der Waals surface area contributed by atoms with E-state index in [4.69, 9.17) is 4.74 Å². The summed E-state index contributed by atoms with van der Waals surface area (Å²) in [4.78, 5) is 0.293. The number of unbranched alkanes of at least 4 members (excludes halogenated alkanes) is 2. The first-order valence-corrected chi connectivity index (χ1v) is 4.44. The fourth-order valence-electron chi connectivity index (χ4n) is 0.985. The zero-order valence-corrected chi connectivity index (χ0v) is 7.95. The highest BCUT2D eigenvalue weighted by Crippen LogP contribution is 2.08. The molecule has 1 heterocycles. The normalized spacial score (nSPS) is 10.3. The summed E-state index contributed by atoms with van der Waals surface area (Å²) >= 11 is 0. The molecule has 0 saturated carbocycles. The summed E-state index contributed by atoms with van der Waals surface area (Å²) in [5, 5.41) is 14.3. The van der Waals surface area contributed by atoms with E-state index in [9.17, 15) is 5.21 Å². The van der Waals surface area contributed by atoms with Crippen LogP contribution in [-0.2, 0) is 0 Å². The summed E-state index contributed by atoms with van der Waals surface area (Å²) in [6.45, 7) is 4.32. The molecule has 0 saturated heterocycles. The van der Waals surface area contributed by atoms with E-state index in [1.54, 1.807) is 6.92 Å². The Morgan fingerprint density at radius 2 is 2.31 bits per heavy atom. The molecule has 0 bridgehead atoms. The Labute approximate surface area is 76.8 Å². The Balaban J connectivity index is 2.36. The molecule has 0 aliphatic carbocycles. The van der Waals surface area contributed by atoms with E-state index in [-0.39, 0.29) is 5.88 Å². The van der Waals surface area contributed by atoms with Crippen molar-refractivity contribution in [2.24, 2.45) is 0 Å². The third-order valence-corrected chi connectivity index (χ3v) is 1.71. The summed E-state index contributed by atoms with van der Waals surface area (Å²) in [6.07, 6.45) is 3.17. The zero-order chi connectivity index (χ0) is 9.68. The Morgan fingerprint density at radius 1 is 1.54 bits per heavy atom. The first-order chi connectivity index (χ1) is 6.25. The van der Waals surface area contributed by atoms with Crippen molar-refractivity contribution in [1.82, 2.24) is 5.16 Å². The molecule has 0 N–H and O–H groups in total. The lowest BCUT2D eigenvalue weighted by atomic mass is 10.3. The van der Waals surface area contributed by atoms with Crippen molar-refractivity contribution in [2.45, 2.75) is 33.1 Å². The molecule has 1 rings (SSSR count). The molecule has 0 amide bonds. The van der Waals surface area contributed by atoms with Crippen LogP contribution in [0.25, 0.3) is 0 Å². The Bertz CT molecular complexity index is 240. The molecule has 0 unspecified atom stereocenters. The molecule has 0 spiro atoms. The van der Waals surface area contributed by atoms with Gasteiger partial charge in [0, 0.05) is 12.1 Å². The van der Waals surface area contributed by atoms with Crippen LogP contribution in [0.15, 0.2) is 4.63 Å². The highest BCUT2D eigenvalue weighted by atomic mass is 16.8.